The molecule has 0 radical (unpaired) electrons. The average molecular weight is 424 g/mol. The first-order chi connectivity index (χ1) is 14.4. The van der Waals surface area contributed by atoms with Crippen LogP contribution in [0, 0.1) is 6.92 Å². The number of aryl methyl sites for hydroxylation is 1. The van der Waals surface area contributed by atoms with Gasteiger partial charge < -0.3 is 10.0 Å². The van der Waals surface area contributed by atoms with Gasteiger partial charge in [0, 0.05) is 41.1 Å². The van der Waals surface area contributed by atoms with Crippen LogP contribution in [0.3, 0.4) is 0 Å². The molecule has 1 saturated heterocycles. The number of carboxylic acid groups (broad SMARTS) is 1. The molecule has 1 N–H and O–H groups in total. The zero-order chi connectivity index (χ0) is 21.3. The highest BCUT2D eigenvalue weighted by atomic mass is 32.2. The fourth-order valence-corrected chi connectivity index (χ4v) is 5.06. The number of anilines is 1. The number of thioether (sulfide) groups is 1. The van der Waals surface area contributed by atoms with Crippen LogP contribution in [0.25, 0.3) is 5.65 Å². The zero-order valence-electron chi connectivity index (χ0n) is 17.2. The van der Waals surface area contributed by atoms with Crippen LogP contribution in [-0.2, 0) is 0 Å². The minimum atomic E-state index is -0.943. The van der Waals surface area contributed by atoms with Gasteiger partial charge in [-0.3, -0.25) is 9.20 Å². The van der Waals surface area contributed by atoms with E-state index in [1.165, 1.54) is 18.2 Å². The monoisotopic (exact) mass is 423 g/mol. The van der Waals surface area contributed by atoms with E-state index in [1.54, 1.807) is 22.6 Å². The van der Waals surface area contributed by atoms with Crippen molar-refractivity contribution >= 4 is 29.2 Å². The summed E-state index contributed by atoms with van der Waals surface area (Å²) in [5.74, 6) is -0.214. The van der Waals surface area contributed by atoms with Crippen molar-refractivity contribution < 1.29 is 9.90 Å². The number of benzene rings is 1. The molecule has 3 heterocycles. The van der Waals surface area contributed by atoms with E-state index in [-0.39, 0.29) is 16.4 Å². The maximum atomic E-state index is 12.9. The summed E-state index contributed by atoms with van der Waals surface area (Å²) < 4.78 is 1.61. The van der Waals surface area contributed by atoms with Crippen molar-refractivity contribution in [1.82, 2.24) is 9.38 Å². The molecule has 30 heavy (non-hydrogen) atoms. The Morgan fingerprint density at radius 1 is 1.17 bits per heavy atom. The molecule has 1 aliphatic heterocycles. The summed E-state index contributed by atoms with van der Waals surface area (Å²) in [6, 6.07) is 10.7. The molecule has 156 valence electrons. The molecule has 1 aromatic carbocycles. The highest BCUT2D eigenvalue weighted by molar-refractivity contribution is 7.99. The lowest BCUT2D eigenvalue weighted by Crippen LogP contribution is -2.32. The number of hydrogen-bond donors (Lipinski definition) is 1. The van der Waals surface area contributed by atoms with Gasteiger partial charge in [0.05, 0.1) is 5.56 Å². The Balaban J connectivity index is 1.78. The van der Waals surface area contributed by atoms with E-state index >= 15 is 0 Å². The van der Waals surface area contributed by atoms with E-state index in [9.17, 15) is 14.7 Å². The first-order valence-corrected chi connectivity index (χ1v) is 11.1. The molecule has 0 amide bonds. The van der Waals surface area contributed by atoms with Crippen molar-refractivity contribution in [3.63, 3.8) is 0 Å². The van der Waals surface area contributed by atoms with Gasteiger partial charge in [0.15, 0.2) is 0 Å². The second kappa shape index (κ2) is 8.52. The highest BCUT2D eigenvalue weighted by Crippen LogP contribution is 2.38. The fourth-order valence-electron chi connectivity index (χ4n) is 3.94. The van der Waals surface area contributed by atoms with Gasteiger partial charge in [-0.2, -0.15) is 0 Å². The van der Waals surface area contributed by atoms with Gasteiger partial charge in [-0.05, 0) is 56.9 Å². The SMILES string of the molecule is Cc1cc(C(C)Sc2ccccc2C(=O)O)c2nc(N3CCCCC3)cc(=O)n2c1. The van der Waals surface area contributed by atoms with Crippen molar-refractivity contribution in [3.8, 4) is 0 Å². The Bertz CT molecular complexity index is 1150. The second-order valence-corrected chi connectivity index (χ2v) is 9.11. The third-order valence-corrected chi connectivity index (χ3v) is 6.67. The van der Waals surface area contributed by atoms with Gasteiger partial charge in [-0.1, -0.05) is 12.1 Å². The molecule has 1 atom stereocenters. The molecule has 0 saturated carbocycles. The Morgan fingerprint density at radius 2 is 1.90 bits per heavy atom. The number of fused-ring (bicyclic) bond motifs is 1. The van der Waals surface area contributed by atoms with Gasteiger partial charge in [0.2, 0.25) is 0 Å². The van der Waals surface area contributed by atoms with Crippen molar-refractivity contribution in [2.75, 3.05) is 18.0 Å². The van der Waals surface area contributed by atoms with Crippen LogP contribution in [0.2, 0.25) is 0 Å². The van der Waals surface area contributed by atoms with Crippen LogP contribution in [0.15, 0.2) is 52.3 Å². The molecular weight excluding hydrogens is 398 g/mol. The number of pyridine rings is 1. The highest BCUT2D eigenvalue weighted by Gasteiger charge is 2.20. The molecule has 7 heteroatoms. The summed E-state index contributed by atoms with van der Waals surface area (Å²) in [4.78, 5) is 32.2. The number of piperidine rings is 1. The molecule has 6 nitrogen and oxygen atoms in total. The molecule has 1 aliphatic rings. The van der Waals surface area contributed by atoms with Gasteiger partial charge in [0.25, 0.3) is 5.56 Å². The van der Waals surface area contributed by atoms with Gasteiger partial charge in [-0.25, -0.2) is 9.78 Å². The predicted octanol–water partition coefficient (Wildman–Crippen LogP) is 4.54. The summed E-state index contributed by atoms with van der Waals surface area (Å²) in [5.41, 5.74) is 2.72. The topological polar surface area (TPSA) is 74.9 Å². The Kier molecular flexibility index (Phi) is 5.81. The van der Waals surface area contributed by atoms with E-state index < -0.39 is 5.97 Å². The molecule has 4 rings (SSSR count). The molecule has 2 aromatic heterocycles. The number of rotatable bonds is 5. The summed E-state index contributed by atoms with van der Waals surface area (Å²) >= 11 is 1.47. The van der Waals surface area contributed by atoms with Crippen LogP contribution in [0.4, 0.5) is 5.82 Å². The lowest BCUT2D eigenvalue weighted by Gasteiger charge is -2.28. The van der Waals surface area contributed by atoms with E-state index in [2.05, 4.69) is 4.90 Å². The van der Waals surface area contributed by atoms with Gasteiger partial charge >= 0.3 is 5.97 Å². The maximum Gasteiger partial charge on any atom is 0.336 e. The number of carbonyl (C=O) groups is 1. The minimum Gasteiger partial charge on any atom is -0.478 e. The molecular formula is C23H25N3O3S. The van der Waals surface area contributed by atoms with Crippen LogP contribution in [0.5, 0.6) is 0 Å². The minimum absolute atomic E-state index is 0.0797. The third kappa shape index (κ3) is 4.07. The quantitative estimate of drug-likeness (QED) is 0.607. The lowest BCUT2D eigenvalue weighted by molar-refractivity contribution is 0.0693. The molecule has 0 bridgehead atoms. The summed E-state index contributed by atoms with van der Waals surface area (Å²) in [6.45, 7) is 5.81. The van der Waals surface area contributed by atoms with E-state index in [1.807, 2.05) is 38.2 Å². The normalized spacial score (nSPS) is 15.3. The lowest BCUT2D eigenvalue weighted by atomic mass is 10.1. The number of nitrogens with zero attached hydrogens (tertiary/aromatic N) is 3. The average Bonchev–Trinajstić information content (AvgIpc) is 2.74. The molecule has 3 aromatic rings. The summed E-state index contributed by atoms with van der Waals surface area (Å²) in [5, 5.41) is 9.43. The van der Waals surface area contributed by atoms with Crippen LogP contribution < -0.4 is 10.5 Å². The third-order valence-electron chi connectivity index (χ3n) is 5.45. The molecule has 0 spiro atoms. The molecule has 1 fully saturated rings. The molecule has 1 unspecified atom stereocenters. The number of aromatic nitrogens is 2. The Labute approximate surface area is 179 Å². The largest absolute Gasteiger partial charge is 0.478 e. The summed E-state index contributed by atoms with van der Waals surface area (Å²) in [7, 11) is 0. The second-order valence-electron chi connectivity index (χ2n) is 7.73. The van der Waals surface area contributed by atoms with Crippen LogP contribution in [-0.4, -0.2) is 33.6 Å². The van der Waals surface area contributed by atoms with Gasteiger partial charge in [-0.15, -0.1) is 11.8 Å². The smallest absolute Gasteiger partial charge is 0.336 e. The summed E-state index contributed by atoms with van der Waals surface area (Å²) in [6.07, 6.45) is 5.25. The van der Waals surface area contributed by atoms with Crippen LogP contribution in [0.1, 0.15) is 52.9 Å². The number of carboxylic acids is 1. The van der Waals surface area contributed by atoms with E-state index in [0.717, 1.165) is 42.9 Å². The number of hydrogen-bond acceptors (Lipinski definition) is 5. The first kappa shape index (κ1) is 20.5. The standard InChI is InChI=1S/C23H25N3O3S/c1-15-12-18(16(2)30-19-9-5-4-8-17(19)23(28)29)22-24-20(13-21(27)26(22)14-15)25-10-6-3-7-11-25/h4-5,8-9,12-14,16H,3,6-7,10-11H2,1-2H3,(H,28,29). The van der Waals surface area contributed by atoms with Crippen molar-refractivity contribution in [2.45, 2.75) is 43.3 Å². The van der Waals surface area contributed by atoms with E-state index in [0.29, 0.717) is 10.5 Å². The molecule has 0 aliphatic carbocycles. The van der Waals surface area contributed by atoms with Crippen LogP contribution >= 0.6 is 11.8 Å². The predicted molar refractivity (Wildman–Crippen MR) is 120 cm³/mol. The van der Waals surface area contributed by atoms with Crippen molar-refractivity contribution in [3.05, 3.63) is 69.6 Å². The van der Waals surface area contributed by atoms with Crippen molar-refractivity contribution in [2.24, 2.45) is 0 Å². The Morgan fingerprint density at radius 3 is 2.63 bits per heavy atom. The van der Waals surface area contributed by atoms with E-state index in [4.69, 9.17) is 4.98 Å². The number of aromatic carboxylic acids is 1. The maximum absolute atomic E-state index is 12.9. The first-order valence-electron chi connectivity index (χ1n) is 10.2. The van der Waals surface area contributed by atoms with Crippen molar-refractivity contribution in [1.29, 1.82) is 0 Å². The van der Waals surface area contributed by atoms with Gasteiger partial charge in [0.1, 0.15) is 11.5 Å². The fraction of sp³-hybridized carbons (Fsp3) is 0.348. The Hall–Kier alpha value is -2.80. The zero-order valence-corrected chi connectivity index (χ0v) is 18.0.